The molecule has 0 bridgehead atoms. The summed E-state index contributed by atoms with van der Waals surface area (Å²) in [7, 11) is 0. The average molecular weight is 831 g/mol. The Morgan fingerprint density at radius 3 is 1.71 bits per heavy atom. The van der Waals surface area contributed by atoms with E-state index in [4.69, 9.17) is 23.8 Å². The van der Waals surface area contributed by atoms with Gasteiger partial charge in [0.1, 0.15) is 22.3 Å². The van der Waals surface area contributed by atoms with E-state index in [9.17, 15) is 0 Å². The molecule has 0 atom stereocenters. The van der Waals surface area contributed by atoms with Crippen LogP contribution in [0.1, 0.15) is 0 Å². The topological polar surface area (TPSA) is 69.9 Å². The number of para-hydroxylation sites is 3. The SMILES string of the molecule is c1ccc(-c2nc(-c3ccc(-n4c5ccccc5c5cc6ccccc6cc54)c(-c4cc5ccccc5c5oc6ccccc6c45)c3)nc(-c3ccc4oc5ccccc5c4c3)n2)cc1. The van der Waals surface area contributed by atoms with Gasteiger partial charge in [-0.3, -0.25) is 0 Å². The number of furan rings is 2. The minimum atomic E-state index is 0.570. The van der Waals surface area contributed by atoms with Crippen molar-refractivity contribution in [2.45, 2.75) is 0 Å². The molecule has 0 unspecified atom stereocenters. The Hall–Kier alpha value is -8.87. The minimum Gasteiger partial charge on any atom is -0.456 e. The molecule has 302 valence electrons. The number of rotatable bonds is 5. The van der Waals surface area contributed by atoms with Crippen LogP contribution in [0.4, 0.5) is 0 Å². The van der Waals surface area contributed by atoms with Gasteiger partial charge >= 0.3 is 0 Å². The first-order valence-electron chi connectivity index (χ1n) is 21.8. The molecule has 10 aromatic carbocycles. The molecule has 0 amide bonds. The summed E-state index contributed by atoms with van der Waals surface area (Å²) >= 11 is 0. The lowest BCUT2D eigenvalue weighted by Gasteiger charge is -2.18. The van der Waals surface area contributed by atoms with Gasteiger partial charge in [-0.1, -0.05) is 133 Å². The van der Waals surface area contributed by atoms with Crippen LogP contribution in [0.3, 0.4) is 0 Å². The number of fused-ring (bicyclic) bond motifs is 12. The fourth-order valence-electron chi connectivity index (χ4n) is 9.99. The summed E-state index contributed by atoms with van der Waals surface area (Å²) in [5, 5.41) is 11.1. The zero-order chi connectivity index (χ0) is 42.6. The Balaban J connectivity index is 1.08. The molecule has 14 aromatic rings. The Morgan fingerprint density at radius 2 is 0.908 bits per heavy atom. The summed E-state index contributed by atoms with van der Waals surface area (Å²) in [6.07, 6.45) is 0. The standard InChI is InChI=1S/C59H34N4O2/c1-2-14-35(15-3-1)57-60-58(62-59(61-57)40-27-29-54-47(33-40)43-21-9-12-24-52(43)64-54)39-26-28-50(63-49-23-11-8-20-42(49)45-30-36-16-4-5-17-37(36)34-51(45)63)46(32-39)48-31-38-18-6-7-19-41(38)56-55(48)44-22-10-13-25-53(44)65-56/h1-34H. The van der Waals surface area contributed by atoms with E-state index >= 15 is 0 Å². The first-order valence-corrected chi connectivity index (χ1v) is 21.8. The maximum atomic E-state index is 6.80. The highest BCUT2D eigenvalue weighted by Gasteiger charge is 2.23. The molecule has 0 saturated carbocycles. The fourth-order valence-corrected chi connectivity index (χ4v) is 9.99. The van der Waals surface area contributed by atoms with Crippen molar-refractivity contribution in [2.24, 2.45) is 0 Å². The molecule has 0 radical (unpaired) electrons. The zero-order valence-corrected chi connectivity index (χ0v) is 34.7. The largest absolute Gasteiger partial charge is 0.456 e. The van der Waals surface area contributed by atoms with Crippen molar-refractivity contribution in [3.63, 3.8) is 0 Å². The van der Waals surface area contributed by atoms with Crippen molar-refractivity contribution in [1.29, 1.82) is 0 Å². The molecule has 14 rings (SSSR count). The second-order valence-electron chi connectivity index (χ2n) is 16.7. The quantitative estimate of drug-likeness (QED) is 0.173. The van der Waals surface area contributed by atoms with Gasteiger partial charge in [-0.05, 0) is 94.5 Å². The van der Waals surface area contributed by atoms with E-state index in [0.29, 0.717) is 17.5 Å². The van der Waals surface area contributed by atoms with Crippen LogP contribution in [0.2, 0.25) is 0 Å². The Morgan fingerprint density at radius 1 is 0.323 bits per heavy atom. The molecule has 65 heavy (non-hydrogen) atoms. The number of hydrogen-bond acceptors (Lipinski definition) is 5. The Bertz CT molecular complexity index is 4250. The Labute approximate surface area is 371 Å². The van der Waals surface area contributed by atoms with E-state index in [1.165, 1.54) is 21.5 Å². The lowest BCUT2D eigenvalue weighted by Crippen LogP contribution is -2.02. The first-order chi connectivity index (χ1) is 32.2. The normalized spacial score (nSPS) is 12.0. The molecule has 6 heteroatoms. The van der Waals surface area contributed by atoms with E-state index in [2.05, 4.69) is 144 Å². The fraction of sp³-hybridized carbons (Fsp3) is 0. The van der Waals surface area contributed by atoms with Crippen LogP contribution in [0, 0.1) is 0 Å². The average Bonchev–Trinajstić information content (AvgIpc) is 4.05. The molecule has 0 fully saturated rings. The molecule has 0 saturated heterocycles. The molecular formula is C59H34N4O2. The van der Waals surface area contributed by atoms with Gasteiger partial charge in [-0.25, -0.2) is 15.0 Å². The molecule has 4 heterocycles. The predicted octanol–water partition coefficient (Wildman–Crippen LogP) is 15.7. The molecule has 0 aliphatic rings. The number of benzene rings is 10. The van der Waals surface area contributed by atoms with E-state index < -0.39 is 0 Å². The second kappa shape index (κ2) is 13.8. The minimum absolute atomic E-state index is 0.570. The third-order valence-corrected chi connectivity index (χ3v) is 13.0. The maximum Gasteiger partial charge on any atom is 0.164 e. The Kier molecular flexibility index (Phi) is 7.59. The highest BCUT2D eigenvalue weighted by atomic mass is 16.3. The van der Waals surface area contributed by atoms with Gasteiger partial charge in [0.2, 0.25) is 0 Å². The molecule has 0 aliphatic heterocycles. The van der Waals surface area contributed by atoms with Crippen molar-refractivity contribution < 1.29 is 8.83 Å². The van der Waals surface area contributed by atoms with Crippen molar-refractivity contribution >= 4 is 87.2 Å². The third kappa shape index (κ3) is 5.51. The highest BCUT2D eigenvalue weighted by Crippen LogP contribution is 2.46. The summed E-state index contributed by atoms with van der Waals surface area (Å²) in [5.41, 5.74) is 11.4. The van der Waals surface area contributed by atoms with Gasteiger partial charge in [0.15, 0.2) is 17.5 Å². The van der Waals surface area contributed by atoms with E-state index in [0.717, 1.165) is 99.2 Å². The van der Waals surface area contributed by atoms with Crippen LogP contribution in [-0.4, -0.2) is 19.5 Å². The van der Waals surface area contributed by atoms with Gasteiger partial charge in [0.05, 0.1) is 16.7 Å². The van der Waals surface area contributed by atoms with Crippen LogP contribution >= 0.6 is 0 Å². The van der Waals surface area contributed by atoms with Gasteiger partial charge in [-0.15, -0.1) is 0 Å². The summed E-state index contributed by atoms with van der Waals surface area (Å²) in [6, 6.07) is 72.3. The monoisotopic (exact) mass is 830 g/mol. The van der Waals surface area contributed by atoms with Crippen LogP contribution in [0.15, 0.2) is 215 Å². The molecule has 0 N–H and O–H groups in total. The van der Waals surface area contributed by atoms with E-state index in [1.54, 1.807) is 0 Å². The van der Waals surface area contributed by atoms with Crippen LogP contribution in [0.25, 0.3) is 138 Å². The van der Waals surface area contributed by atoms with Crippen molar-refractivity contribution in [3.8, 4) is 51.0 Å². The molecule has 0 aliphatic carbocycles. The first kappa shape index (κ1) is 35.7. The van der Waals surface area contributed by atoms with Crippen LogP contribution in [0.5, 0.6) is 0 Å². The lowest BCUT2D eigenvalue weighted by molar-refractivity contribution is 0.669. The molecule has 0 spiro atoms. The highest BCUT2D eigenvalue weighted by molar-refractivity contribution is 6.22. The van der Waals surface area contributed by atoms with Crippen molar-refractivity contribution in [3.05, 3.63) is 206 Å². The zero-order valence-electron chi connectivity index (χ0n) is 34.7. The third-order valence-electron chi connectivity index (χ3n) is 13.0. The number of nitrogens with zero attached hydrogens (tertiary/aromatic N) is 4. The van der Waals surface area contributed by atoms with Crippen molar-refractivity contribution in [2.75, 3.05) is 0 Å². The summed E-state index contributed by atoms with van der Waals surface area (Å²) in [6.45, 7) is 0. The second-order valence-corrected chi connectivity index (χ2v) is 16.7. The van der Waals surface area contributed by atoms with Gasteiger partial charge in [-0.2, -0.15) is 0 Å². The van der Waals surface area contributed by atoms with Gasteiger partial charge in [0.25, 0.3) is 0 Å². The molecule has 4 aromatic heterocycles. The maximum absolute atomic E-state index is 6.80. The van der Waals surface area contributed by atoms with Gasteiger partial charge < -0.3 is 13.4 Å². The lowest BCUT2D eigenvalue weighted by atomic mass is 9.93. The summed E-state index contributed by atoms with van der Waals surface area (Å²) in [5.74, 6) is 1.74. The smallest absolute Gasteiger partial charge is 0.164 e. The van der Waals surface area contributed by atoms with Gasteiger partial charge in [0, 0.05) is 60.0 Å². The number of aromatic nitrogens is 4. The number of hydrogen-bond donors (Lipinski definition) is 0. The van der Waals surface area contributed by atoms with Crippen LogP contribution in [-0.2, 0) is 0 Å². The molecular weight excluding hydrogens is 797 g/mol. The van der Waals surface area contributed by atoms with E-state index in [1.807, 2.05) is 66.7 Å². The van der Waals surface area contributed by atoms with E-state index in [-0.39, 0.29) is 0 Å². The molecule has 6 nitrogen and oxygen atoms in total. The predicted molar refractivity (Wildman–Crippen MR) is 265 cm³/mol. The van der Waals surface area contributed by atoms with Crippen molar-refractivity contribution in [1.82, 2.24) is 19.5 Å². The van der Waals surface area contributed by atoms with Crippen LogP contribution < -0.4 is 0 Å². The summed E-state index contributed by atoms with van der Waals surface area (Å²) in [4.78, 5) is 15.7. The summed E-state index contributed by atoms with van der Waals surface area (Å²) < 4.78 is 15.4.